The summed E-state index contributed by atoms with van der Waals surface area (Å²) in [5, 5.41) is 3.29. The number of halogens is 1. The topological polar surface area (TPSA) is 73.0 Å². The minimum atomic E-state index is -3.40. The number of amides is 1. The van der Waals surface area contributed by atoms with Crippen molar-refractivity contribution in [2.24, 2.45) is 0 Å². The lowest BCUT2D eigenvalue weighted by molar-refractivity contribution is -0.116. The van der Waals surface area contributed by atoms with Crippen molar-refractivity contribution in [3.63, 3.8) is 0 Å². The molecule has 9 heteroatoms. The maximum Gasteiger partial charge on any atom is 0.239 e. The Labute approximate surface area is 148 Å². The van der Waals surface area contributed by atoms with E-state index < -0.39 is 15.9 Å². The Morgan fingerprint density at radius 2 is 1.92 bits per heavy atom. The highest BCUT2D eigenvalue weighted by molar-refractivity contribution is 7.88. The maximum atomic E-state index is 12.2. The smallest absolute Gasteiger partial charge is 0.239 e. The molecule has 1 aromatic rings. The van der Waals surface area contributed by atoms with E-state index in [9.17, 15) is 13.2 Å². The van der Waals surface area contributed by atoms with Crippen LogP contribution in [0, 0.1) is 0 Å². The van der Waals surface area contributed by atoms with Gasteiger partial charge >= 0.3 is 0 Å². The van der Waals surface area contributed by atoms with Crippen LogP contribution in [0.5, 0.6) is 0 Å². The zero-order valence-corrected chi connectivity index (χ0v) is 15.7. The quantitative estimate of drug-likeness (QED) is 0.829. The van der Waals surface area contributed by atoms with Crippen LogP contribution < -0.4 is 10.2 Å². The van der Waals surface area contributed by atoms with E-state index in [-0.39, 0.29) is 6.54 Å². The molecule has 24 heavy (non-hydrogen) atoms. The van der Waals surface area contributed by atoms with Gasteiger partial charge in [-0.25, -0.2) is 8.42 Å². The molecular formula is C15H23ClN4O3S. The van der Waals surface area contributed by atoms with Crippen LogP contribution in [0.15, 0.2) is 18.2 Å². The molecule has 7 nitrogen and oxygen atoms in total. The highest BCUT2D eigenvalue weighted by atomic mass is 35.5. The van der Waals surface area contributed by atoms with E-state index in [1.54, 1.807) is 12.1 Å². The summed E-state index contributed by atoms with van der Waals surface area (Å²) in [4.78, 5) is 16.6. The molecule has 1 aliphatic heterocycles. The predicted molar refractivity (Wildman–Crippen MR) is 97.3 cm³/mol. The van der Waals surface area contributed by atoms with Crippen molar-refractivity contribution in [2.75, 3.05) is 63.3 Å². The molecule has 1 N–H and O–H groups in total. The van der Waals surface area contributed by atoms with E-state index in [4.69, 9.17) is 11.6 Å². The summed E-state index contributed by atoms with van der Waals surface area (Å²) >= 11 is 6.06. The summed E-state index contributed by atoms with van der Waals surface area (Å²) in [6.45, 7) is 3.33. The zero-order valence-electron chi connectivity index (χ0n) is 14.1. The van der Waals surface area contributed by atoms with Gasteiger partial charge in [-0.2, -0.15) is 4.31 Å². The molecule has 1 amide bonds. The number of hydrogen-bond donors (Lipinski definition) is 1. The Hall–Kier alpha value is -1.35. The van der Waals surface area contributed by atoms with Gasteiger partial charge in [0.15, 0.2) is 0 Å². The van der Waals surface area contributed by atoms with Crippen molar-refractivity contribution < 1.29 is 13.2 Å². The van der Waals surface area contributed by atoms with Gasteiger partial charge in [0, 0.05) is 38.2 Å². The van der Waals surface area contributed by atoms with Crippen molar-refractivity contribution in [3.05, 3.63) is 23.2 Å². The van der Waals surface area contributed by atoms with Gasteiger partial charge in [0.2, 0.25) is 15.9 Å². The summed E-state index contributed by atoms with van der Waals surface area (Å²) in [5.41, 5.74) is 1.49. The Balaban J connectivity index is 2.14. The number of nitrogens with one attached hydrogen (secondary N) is 1. The molecule has 134 valence electrons. The monoisotopic (exact) mass is 374 g/mol. The van der Waals surface area contributed by atoms with Gasteiger partial charge in [0.1, 0.15) is 0 Å². The zero-order chi connectivity index (χ0) is 17.9. The highest BCUT2D eigenvalue weighted by Crippen LogP contribution is 2.30. The van der Waals surface area contributed by atoms with Gasteiger partial charge in [-0.15, -0.1) is 0 Å². The van der Waals surface area contributed by atoms with Gasteiger partial charge < -0.3 is 15.1 Å². The van der Waals surface area contributed by atoms with Gasteiger partial charge in [0.05, 0.1) is 24.2 Å². The van der Waals surface area contributed by atoms with E-state index >= 15 is 0 Å². The number of benzene rings is 1. The summed E-state index contributed by atoms with van der Waals surface area (Å²) in [5.74, 6) is -0.402. The molecule has 1 aromatic carbocycles. The second-order valence-corrected chi connectivity index (χ2v) is 8.54. The van der Waals surface area contributed by atoms with Gasteiger partial charge in [-0.1, -0.05) is 11.6 Å². The number of nitrogens with zero attached hydrogens (tertiary/aromatic N) is 3. The second-order valence-electron chi connectivity index (χ2n) is 6.02. The van der Waals surface area contributed by atoms with Gasteiger partial charge in [-0.05, 0) is 25.2 Å². The first kappa shape index (κ1) is 19.0. The first-order valence-electron chi connectivity index (χ1n) is 7.61. The van der Waals surface area contributed by atoms with Crippen LogP contribution in [-0.2, 0) is 14.8 Å². The van der Waals surface area contributed by atoms with Crippen LogP contribution in [0.3, 0.4) is 0 Å². The summed E-state index contributed by atoms with van der Waals surface area (Å²) in [7, 11) is 0.0371. The molecule has 2 rings (SSSR count). The lowest BCUT2D eigenvalue weighted by atomic mass is 10.2. The van der Waals surface area contributed by atoms with Crippen LogP contribution in [0.25, 0.3) is 0 Å². The fourth-order valence-corrected chi connectivity index (χ4v) is 2.96. The molecule has 0 atom stereocenters. The summed E-state index contributed by atoms with van der Waals surface area (Å²) in [6, 6.07) is 5.35. The molecule has 1 saturated heterocycles. The molecule has 1 heterocycles. The average Bonchev–Trinajstić information content (AvgIpc) is 2.47. The van der Waals surface area contributed by atoms with Crippen LogP contribution in [0.2, 0.25) is 5.02 Å². The standard InChI is InChI=1S/C15H23ClN4O3S/c1-18-6-8-20(9-7-18)14-5-4-12(16)10-13(14)17-15(21)11-19(2)24(3,22)23/h4-5,10H,6-9,11H2,1-3H3,(H,17,21). The number of likely N-dealkylation sites (N-methyl/N-ethyl adjacent to an activating group) is 2. The normalized spacial score (nSPS) is 16.5. The lowest BCUT2D eigenvalue weighted by Crippen LogP contribution is -2.44. The van der Waals surface area contributed by atoms with E-state index in [1.807, 2.05) is 6.07 Å². The Kier molecular flexibility index (Phi) is 6.08. The largest absolute Gasteiger partial charge is 0.367 e. The molecule has 0 unspecified atom stereocenters. The maximum absolute atomic E-state index is 12.2. The molecule has 0 bridgehead atoms. The number of carbonyl (C=O) groups is 1. The number of anilines is 2. The molecule has 1 aliphatic rings. The predicted octanol–water partition coefficient (Wildman–Crippen LogP) is 0.922. The molecular weight excluding hydrogens is 352 g/mol. The third-order valence-electron chi connectivity index (χ3n) is 4.01. The number of hydrogen-bond acceptors (Lipinski definition) is 5. The van der Waals surface area contributed by atoms with Crippen LogP contribution in [-0.4, -0.2) is 76.6 Å². The van der Waals surface area contributed by atoms with E-state index in [0.29, 0.717) is 10.7 Å². The first-order chi connectivity index (χ1) is 11.2. The summed E-state index contributed by atoms with van der Waals surface area (Å²) < 4.78 is 23.9. The minimum Gasteiger partial charge on any atom is -0.367 e. The number of sulfonamides is 1. The SMILES string of the molecule is CN1CCN(c2ccc(Cl)cc2NC(=O)CN(C)S(C)(=O)=O)CC1. The Morgan fingerprint density at radius 3 is 2.50 bits per heavy atom. The molecule has 0 saturated carbocycles. The molecule has 0 aliphatic carbocycles. The Bertz CT molecular complexity index is 703. The summed E-state index contributed by atoms with van der Waals surface area (Å²) in [6.07, 6.45) is 1.06. The van der Waals surface area contributed by atoms with Crippen molar-refractivity contribution in [2.45, 2.75) is 0 Å². The second kappa shape index (κ2) is 7.69. The number of piperazine rings is 1. The van der Waals surface area contributed by atoms with Crippen molar-refractivity contribution >= 4 is 38.9 Å². The molecule has 0 radical (unpaired) electrons. The third kappa shape index (κ3) is 5.07. The third-order valence-corrected chi connectivity index (χ3v) is 5.51. The van der Waals surface area contributed by atoms with Gasteiger partial charge in [0.25, 0.3) is 0 Å². The first-order valence-corrected chi connectivity index (χ1v) is 9.83. The minimum absolute atomic E-state index is 0.243. The van der Waals surface area contributed by atoms with Crippen molar-refractivity contribution in [1.29, 1.82) is 0 Å². The Morgan fingerprint density at radius 1 is 1.29 bits per heavy atom. The lowest BCUT2D eigenvalue weighted by Gasteiger charge is -2.35. The highest BCUT2D eigenvalue weighted by Gasteiger charge is 2.20. The fourth-order valence-electron chi connectivity index (χ4n) is 2.44. The number of carbonyl (C=O) groups excluding carboxylic acids is 1. The van der Waals surface area contributed by atoms with Crippen molar-refractivity contribution in [3.8, 4) is 0 Å². The molecule has 0 spiro atoms. The van der Waals surface area contributed by atoms with Crippen molar-refractivity contribution in [1.82, 2.24) is 9.21 Å². The van der Waals surface area contributed by atoms with E-state index in [2.05, 4.69) is 22.2 Å². The molecule has 0 aromatic heterocycles. The van der Waals surface area contributed by atoms with Crippen LogP contribution in [0.1, 0.15) is 0 Å². The van der Waals surface area contributed by atoms with Crippen LogP contribution >= 0.6 is 11.6 Å². The fraction of sp³-hybridized carbons (Fsp3) is 0.533. The van der Waals surface area contributed by atoms with E-state index in [0.717, 1.165) is 42.4 Å². The molecule has 1 fully saturated rings. The average molecular weight is 375 g/mol. The van der Waals surface area contributed by atoms with E-state index in [1.165, 1.54) is 7.05 Å². The van der Waals surface area contributed by atoms with Gasteiger partial charge in [-0.3, -0.25) is 4.79 Å². The van der Waals surface area contributed by atoms with Crippen LogP contribution in [0.4, 0.5) is 11.4 Å². The number of rotatable bonds is 5.